The number of unbranched alkanes of at least 4 members (excludes halogenated alkanes) is 1. The van der Waals surface area contributed by atoms with Gasteiger partial charge in [-0.05, 0) is 60.8 Å². The Morgan fingerprint density at radius 3 is 2.97 bits per heavy atom. The third-order valence-electron chi connectivity index (χ3n) is 5.02. The summed E-state index contributed by atoms with van der Waals surface area (Å²) >= 11 is 1.51. The molecule has 0 unspecified atom stereocenters. The fourth-order valence-corrected chi connectivity index (χ4v) is 4.20. The van der Waals surface area contributed by atoms with E-state index in [1.165, 1.54) is 16.2 Å². The van der Waals surface area contributed by atoms with Gasteiger partial charge in [0.1, 0.15) is 11.4 Å². The Labute approximate surface area is 174 Å². The van der Waals surface area contributed by atoms with Gasteiger partial charge in [0.2, 0.25) is 5.91 Å². The molecule has 0 aliphatic carbocycles. The molecular weight excluding hydrogens is 382 g/mol. The van der Waals surface area contributed by atoms with E-state index in [0.29, 0.717) is 13.0 Å². The zero-order valence-electron chi connectivity index (χ0n) is 16.6. The van der Waals surface area contributed by atoms with Crippen molar-refractivity contribution in [2.24, 2.45) is 0 Å². The van der Waals surface area contributed by atoms with E-state index in [2.05, 4.69) is 28.7 Å². The molecule has 0 aliphatic rings. The van der Waals surface area contributed by atoms with E-state index in [1.54, 1.807) is 6.26 Å². The summed E-state index contributed by atoms with van der Waals surface area (Å²) < 4.78 is 11.1. The number of furan rings is 1. The molecule has 0 saturated heterocycles. The van der Waals surface area contributed by atoms with E-state index < -0.39 is 0 Å². The molecule has 6 heteroatoms. The van der Waals surface area contributed by atoms with Crippen molar-refractivity contribution in [3.8, 4) is 0 Å². The van der Waals surface area contributed by atoms with Crippen LogP contribution in [0.25, 0.3) is 21.1 Å². The molecule has 5 nitrogen and oxygen atoms in total. The molecule has 0 bridgehead atoms. The van der Waals surface area contributed by atoms with Gasteiger partial charge in [0, 0.05) is 36.0 Å². The van der Waals surface area contributed by atoms with E-state index >= 15 is 0 Å². The van der Waals surface area contributed by atoms with Gasteiger partial charge in [0.05, 0.1) is 11.0 Å². The number of carbonyl (C=O) groups excluding carboxylic acids is 1. The van der Waals surface area contributed by atoms with Crippen molar-refractivity contribution in [3.05, 3.63) is 54.8 Å². The second kappa shape index (κ2) is 9.09. The Hall–Kier alpha value is -2.86. The van der Waals surface area contributed by atoms with Crippen LogP contribution in [0.15, 0.2) is 59.2 Å². The molecule has 1 amide bonds. The second-order valence-corrected chi connectivity index (χ2v) is 7.90. The number of amides is 1. The number of nitrogens with zero attached hydrogens (tertiary/aromatic N) is 2. The Balaban J connectivity index is 1.42. The van der Waals surface area contributed by atoms with Crippen LogP contribution in [-0.2, 0) is 4.79 Å². The van der Waals surface area contributed by atoms with Crippen molar-refractivity contribution >= 4 is 50.0 Å². The lowest BCUT2D eigenvalue weighted by atomic mass is 10.1. The van der Waals surface area contributed by atoms with Gasteiger partial charge in [-0.2, -0.15) is 4.37 Å². The highest BCUT2D eigenvalue weighted by Crippen LogP contribution is 2.27. The predicted molar refractivity (Wildman–Crippen MR) is 121 cm³/mol. The monoisotopic (exact) mass is 407 g/mol. The first-order valence-electron chi connectivity index (χ1n) is 10.1. The van der Waals surface area contributed by atoms with Crippen LogP contribution in [0.2, 0.25) is 0 Å². The molecule has 0 aliphatic heterocycles. The molecule has 0 radical (unpaired) electrons. The first-order valence-corrected chi connectivity index (χ1v) is 10.9. The van der Waals surface area contributed by atoms with Gasteiger partial charge in [0.25, 0.3) is 0 Å². The van der Waals surface area contributed by atoms with Gasteiger partial charge in [-0.15, -0.1) is 0 Å². The summed E-state index contributed by atoms with van der Waals surface area (Å²) in [5.41, 5.74) is 1.77. The van der Waals surface area contributed by atoms with E-state index in [9.17, 15) is 4.79 Å². The number of carbonyl (C=O) groups is 1. The first-order chi connectivity index (χ1) is 14.3. The highest BCUT2D eigenvalue weighted by atomic mass is 32.1. The van der Waals surface area contributed by atoms with Crippen molar-refractivity contribution in [2.75, 3.05) is 23.3 Å². The van der Waals surface area contributed by atoms with Crippen LogP contribution in [0, 0.1) is 0 Å². The SMILES string of the molecule is CCCCC(=O)N(CCCNc1nsc2ccccc12)c1ccc2occc2c1. The molecule has 0 atom stereocenters. The molecular formula is C23H25N3O2S. The minimum atomic E-state index is 0.175. The fourth-order valence-electron chi connectivity index (χ4n) is 3.44. The van der Waals surface area contributed by atoms with Gasteiger partial charge in [-0.25, -0.2) is 0 Å². The summed E-state index contributed by atoms with van der Waals surface area (Å²) in [6.07, 6.45) is 5.02. The zero-order chi connectivity index (χ0) is 20.1. The molecule has 4 aromatic rings. The Kier molecular flexibility index (Phi) is 6.10. The number of rotatable bonds is 9. The van der Waals surface area contributed by atoms with Crippen LogP contribution >= 0.6 is 11.5 Å². The number of anilines is 2. The number of aromatic nitrogens is 1. The summed E-state index contributed by atoms with van der Waals surface area (Å²) in [4.78, 5) is 14.8. The second-order valence-electron chi connectivity index (χ2n) is 7.10. The number of nitrogens with one attached hydrogen (secondary N) is 1. The van der Waals surface area contributed by atoms with E-state index in [-0.39, 0.29) is 5.91 Å². The molecule has 4 rings (SSSR count). The summed E-state index contributed by atoms with van der Waals surface area (Å²) in [7, 11) is 0. The summed E-state index contributed by atoms with van der Waals surface area (Å²) in [6.45, 7) is 3.54. The lowest BCUT2D eigenvalue weighted by molar-refractivity contribution is -0.118. The van der Waals surface area contributed by atoms with Crippen molar-refractivity contribution < 1.29 is 9.21 Å². The van der Waals surface area contributed by atoms with Gasteiger partial charge < -0.3 is 14.6 Å². The van der Waals surface area contributed by atoms with Gasteiger partial charge in [0.15, 0.2) is 0 Å². The van der Waals surface area contributed by atoms with Crippen molar-refractivity contribution in [1.29, 1.82) is 0 Å². The van der Waals surface area contributed by atoms with E-state index in [4.69, 9.17) is 4.42 Å². The molecule has 0 spiro atoms. The highest BCUT2D eigenvalue weighted by molar-refractivity contribution is 7.13. The van der Waals surface area contributed by atoms with Crippen molar-refractivity contribution in [2.45, 2.75) is 32.6 Å². The fraction of sp³-hybridized carbons (Fsp3) is 0.304. The Morgan fingerprint density at radius 2 is 2.07 bits per heavy atom. The zero-order valence-corrected chi connectivity index (χ0v) is 17.4. The lowest BCUT2D eigenvalue weighted by Crippen LogP contribution is -2.32. The third-order valence-corrected chi connectivity index (χ3v) is 5.85. The largest absolute Gasteiger partial charge is 0.464 e. The topological polar surface area (TPSA) is 58.4 Å². The summed E-state index contributed by atoms with van der Waals surface area (Å²) in [5.74, 6) is 1.10. The highest BCUT2D eigenvalue weighted by Gasteiger charge is 2.16. The minimum Gasteiger partial charge on any atom is -0.464 e. The lowest BCUT2D eigenvalue weighted by Gasteiger charge is -2.23. The normalized spacial score (nSPS) is 11.2. The van der Waals surface area contributed by atoms with Crippen LogP contribution in [0.4, 0.5) is 11.5 Å². The number of fused-ring (bicyclic) bond motifs is 2. The molecule has 2 aromatic heterocycles. The maximum absolute atomic E-state index is 12.8. The first kappa shape index (κ1) is 19.5. The molecule has 2 aromatic carbocycles. The minimum absolute atomic E-state index is 0.175. The Morgan fingerprint density at radius 1 is 1.17 bits per heavy atom. The maximum Gasteiger partial charge on any atom is 0.226 e. The number of hydrogen-bond donors (Lipinski definition) is 1. The van der Waals surface area contributed by atoms with E-state index in [1.807, 2.05) is 41.3 Å². The quantitative estimate of drug-likeness (QED) is 0.342. The van der Waals surface area contributed by atoms with Gasteiger partial charge >= 0.3 is 0 Å². The summed E-state index contributed by atoms with van der Waals surface area (Å²) in [5, 5.41) is 5.60. The molecule has 150 valence electrons. The summed E-state index contributed by atoms with van der Waals surface area (Å²) in [6, 6.07) is 16.1. The van der Waals surface area contributed by atoms with Crippen LogP contribution in [0.3, 0.4) is 0 Å². The van der Waals surface area contributed by atoms with Crippen LogP contribution < -0.4 is 10.2 Å². The molecule has 2 heterocycles. The standard InChI is InChI=1S/C23H25N3O2S/c1-2-3-9-22(27)26(18-10-11-20-17(16-18)12-15-28-20)14-6-13-24-23-19-7-4-5-8-21(19)29-25-23/h4-5,7-8,10-12,15-16H,2-3,6,9,13-14H2,1H3,(H,24,25). The van der Waals surface area contributed by atoms with Crippen LogP contribution in [0.1, 0.15) is 32.6 Å². The predicted octanol–water partition coefficient (Wildman–Crippen LogP) is 6.07. The van der Waals surface area contributed by atoms with E-state index in [0.717, 1.165) is 53.7 Å². The van der Waals surface area contributed by atoms with Crippen molar-refractivity contribution in [3.63, 3.8) is 0 Å². The number of benzene rings is 2. The number of hydrogen-bond acceptors (Lipinski definition) is 5. The third kappa shape index (κ3) is 4.43. The van der Waals surface area contributed by atoms with Crippen molar-refractivity contribution in [1.82, 2.24) is 4.37 Å². The molecule has 1 N–H and O–H groups in total. The molecule has 0 fully saturated rings. The van der Waals surface area contributed by atoms with Crippen LogP contribution in [0.5, 0.6) is 0 Å². The van der Waals surface area contributed by atoms with Gasteiger partial charge in [-0.1, -0.05) is 25.5 Å². The van der Waals surface area contributed by atoms with Gasteiger partial charge in [-0.3, -0.25) is 4.79 Å². The molecule has 29 heavy (non-hydrogen) atoms. The Bertz CT molecular complexity index is 1100. The molecule has 0 saturated carbocycles. The average molecular weight is 408 g/mol. The van der Waals surface area contributed by atoms with Crippen LogP contribution in [-0.4, -0.2) is 23.4 Å². The maximum atomic E-state index is 12.8. The average Bonchev–Trinajstić information content (AvgIpc) is 3.38. The smallest absolute Gasteiger partial charge is 0.226 e.